The van der Waals surface area contributed by atoms with Gasteiger partial charge in [-0.2, -0.15) is 9.40 Å². The van der Waals surface area contributed by atoms with Crippen LogP contribution in [0.3, 0.4) is 0 Å². The summed E-state index contributed by atoms with van der Waals surface area (Å²) < 4.78 is 26.7. The van der Waals surface area contributed by atoms with Crippen molar-refractivity contribution in [3.63, 3.8) is 0 Å². The SMILES string of the molecule is CCN(CC)CC1CCN(S(=O)(=O)c2cn[nH]c2C)CC1. The van der Waals surface area contributed by atoms with E-state index in [0.717, 1.165) is 32.5 Å². The molecule has 0 saturated carbocycles. The average molecular weight is 314 g/mol. The Bertz CT molecular complexity index is 543. The van der Waals surface area contributed by atoms with Crippen LogP contribution >= 0.6 is 0 Å². The summed E-state index contributed by atoms with van der Waals surface area (Å²) in [5.41, 5.74) is 0.611. The molecule has 1 aromatic rings. The molecule has 0 unspecified atom stereocenters. The summed E-state index contributed by atoms with van der Waals surface area (Å²) in [6.45, 7) is 10.5. The van der Waals surface area contributed by atoms with Crippen molar-refractivity contribution in [2.24, 2.45) is 5.92 Å². The highest BCUT2D eigenvalue weighted by Crippen LogP contribution is 2.25. The van der Waals surface area contributed by atoms with Gasteiger partial charge in [-0.1, -0.05) is 13.8 Å². The number of aromatic amines is 1. The number of sulfonamides is 1. The van der Waals surface area contributed by atoms with Gasteiger partial charge in [0, 0.05) is 19.6 Å². The van der Waals surface area contributed by atoms with E-state index in [1.165, 1.54) is 6.20 Å². The summed E-state index contributed by atoms with van der Waals surface area (Å²) in [5, 5.41) is 6.52. The summed E-state index contributed by atoms with van der Waals surface area (Å²) in [7, 11) is -3.39. The van der Waals surface area contributed by atoms with Gasteiger partial charge in [0.05, 0.1) is 11.9 Å². The zero-order valence-corrected chi connectivity index (χ0v) is 14.0. The molecular weight excluding hydrogens is 288 g/mol. The Labute approximate surface area is 127 Å². The lowest BCUT2D eigenvalue weighted by atomic mass is 9.97. The van der Waals surface area contributed by atoms with Crippen molar-refractivity contribution in [1.29, 1.82) is 0 Å². The molecule has 0 spiro atoms. The number of H-pyrrole nitrogens is 1. The summed E-state index contributed by atoms with van der Waals surface area (Å²) in [6, 6.07) is 0. The minimum Gasteiger partial charge on any atom is -0.304 e. The lowest BCUT2D eigenvalue weighted by Gasteiger charge is -2.33. The summed E-state index contributed by atoms with van der Waals surface area (Å²) in [4.78, 5) is 2.72. The summed E-state index contributed by atoms with van der Waals surface area (Å²) in [6.07, 6.45) is 3.28. The van der Waals surface area contributed by atoms with Gasteiger partial charge < -0.3 is 4.90 Å². The first-order chi connectivity index (χ1) is 9.98. The average Bonchev–Trinajstić information content (AvgIpc) is 2.92. The molecule has 0 bridgehead atoms. The van der Waals surface area contributed by atoms with Crippen LogP contribution in [-0.4, -0.2) is 60.5 Å². The largest absolute Gasteiger partial charge is 0.304 e. The van der Waals surface area contributed by atoms with Crippen LogP contribution in [0.2, 0.25) is 0 Å². The lowest BCUT2D eigenvalue weighted by molar-refractivity contribution is 0.193. The molecule has 0 aromatic carbocycles. The third-order valence-corrected chi connectivity index (χ3v) is 6.40. The van der Waals surface area contributed by atoms with Crippen LogP contribution in [0.1, 0.15) is 32.4 Å². The molecule has 21 heavy (non-hydrogen) atoms. The molecule has 1 N–H and O–H groups in total. The van der Waals surface area contributed by atoms with E-state index in [4.69, 9.17) is 0 Å². The van der Waals surface area contributed by atoms with Gasteiger partial charge in [-0.15, -0.1) is 0 Å². The summed E-state index contributed by atoms with van der Waals surface area (Å²) in [5.74, 6) is 0.599. The van der Waals surface area contributed by atoms with Gasteiger partial charge in [0.15, 0.2) is 0 Å². The van der Waals surface area contributed by atoms with Gasteiger partial charge in [0.1, 0.15) is 4.90 Å². The van der Waals surface area contributed by atoms with E-state index < -0.39 is 10.0 Å². The van der Waals surface area contributed by atoms with E-state index in [1.807, 2.05) is 0 Å². The Morgan fingerprint density at radius 2 is 1.95 bits per heavy atom. The maximum absolute atomic E-state index is 12.6. The van der Waals surface area contributed by atoms with Crippen LogP contribution in [0.15, 0.2) is 11.1 Å². The number of hydrogen-bond acceptors (Lipinski definition) is 4. The topological polar surface area (TPSA) is 69.3 Å². The highest BCUT2D eigenvalue weighted by molar-refractivity contribution is 7.89. The minimum atomic E-state index is -3.39. The second kappa shape index (κ2) is 6.89. The molecule has 0 radical (unpaired) electrons. The first-order valence-corrected chi connectivity index (χ1v) is 9.15. The highest BCUT2D eigenvalue weighted by atomic mass is 32.2. The molecule has 1 aliphatic heterocycles. The zero-order valence-electron chi connectivity index (χ0n) is 13.2. The molecule has 2 rings (SSSR count). The van der Waals surface area contributed by atoms with Crippen molar-refractivity contribution in [3.05, 3.63) is 11.9 Å². The zero-order chi connectivity index (χ0) is 15.5. The first kappa shape index (κ1) is 16.5. The maximum atomic E-state index is 12.6. The molecule has 1 aromatic heterocycles. The number of aromatic nitrogens is 2. The first-order valence-electron chi connectivity index (χ1n) is 7.71. The van der Waals surface area contributed by atoms with E-state index in [1.54, 1.807) is 11.2 Å². The van der Waals surface area contributed by atoms with Gasteiger partial charge in [-0.25, -0.2) is 8.42 Å². The normalized spacial score (nSPS) is 18.5. The van der Waals surface area contributed by atoms with Crippen molar-refractivity contribution >= 4 is 10.0 Å². The van der Waals surface area contributed by atoms with Crippen LogP contribution < -0.4 is 0 Å². The third kappa shape index (κ3) is 3.64. The highest BCUT2D eigenvalue weighted by Gasteiger charge is 2.31. The monoisotopic (exact) mass is 314 g/mol. The number of hydrogen-bond donors (Lipinski definition) is 1. The fraction of sp³-hybridized carbons (Fsp3) is 0.786. The third-order valence-electron chi connectivity index (χ3n) is 4.39. The summed E-state index contributed by atoms with van der Waals surface area (Å²) >= 11 is 0. The van der Waals surface area contributed by atoms with E-state index in [0.29, 0.717) is 29.6 Å². The molecule has 1 fully saturated rings. The molecule has 6 nitrogen and oxygen atoms in total. The number of piperidine rings is 1. The van der Waals surface area contributed by atoms with Crippen molar-refractivity contribution < 1.29 is 8.42 Å². The van der Waals surface area contributed by atoms with E-state index in [9.17, 15) is 8.42 Å². The smallest absolute Gasteiger partial charge is 0.246 e. The molecule has 2 heterocycles. The van der Waals surface area contributed by atoms with Crippen molar-refractivity contribution in [3.8, 4) is 0 Å². The standard InChI is InChI=1S/C14H26N4O2S/c1-4-17(5-2)11-13-6-8-18(9-7-13)21(19,20)14-10-15-16-12(14)3/h10,13H,4-9,11H2,1-3H3,(H,15,16). The number of rotatable bonds is 6. The van der Waals surface area contributed by atoms with Crippen molar-refractivity contribution in [2.75, 3.05) is 32.7 Å². The molecule has 0 amide bonds. The Morgan fingerprint density at radius 3 is 2.43 bits per heavy atom. The quantitative estimate of drug-likeness (QED) is 0.863. The second-order valence-corrected chi connectivity index (χ2v) is 7.60. The molecular formula is C14H26N4O2S. The van der Waals surface area contributed by atoms with Gasteiger partial charge in [-0.3, -0.25) is 5.10 Å². The van der Waals surface area contributed by atoms with Gasteiger partial charge in [-0.05, 0) is 38.8 Å². The van der Waals surface area contributed by atoms with Crippen molar-refractivity contribution in [1.82, 2.24) is 19.4 Å². The van der Waals surface area contributed by atoms with Crippen LogP contribution in [0.4, 0.5) is 0 Å². The van der Waals surface area contributed by atoms with Gasteiger partial charge >= 0.3 is 0 Å². The van der Waals surface area contributed by atoms with E-state index in [-0.39, 0.29) is 0 Å². The number of nitrogens with zero attached hydrogens (tertiary/aromatic N) is 3. The van der Waals surface area contributed by atoms with Crippen LogP contribution in [0.25, 0.3) is 0 Å². The van der Waals surface area contributed by atoms with Crippen LogP contribution in [0, 0.1) is 12.8 Å². The van der Waals surface area contributed by atoms with Crippen LogP contribution in [-0.2, 0) is 10.0 Å². The minimum absolute atomic E-state index is 0.310. The predicted molar refractivity (Wildman–Crippen MR) is 82.6 cm³/mol. The molecule has 1 saturated heterocycles. The Morgan fingerprint density at radius 1 is 1.33 bits per heavy atom. The van der Waals surface area contributed by atoms with Crippen molar-refractivity contribution in [2.45, 2.75) is 38.5 Å². The molecule has 1 aliphatic rings. The maximum Gasteiger partial charge on any atom is 0.246 e. The van der Waals surface area contributed by atoms with E-state index in [2.05, 4.69) is 28.9 Å². The van der Waals surface area contributed by atoms with Gasteiger partial charge in [0.25, 0.3) is 0 Å². The number of aryl methyl sites for hydroxylation is 1. The Kier molecular flexibility index (Phi) is 5.40. The number of nitrogens with one attached hydrogen (secondary N) is 1. The lowest BCUT2D eigenvalue weighted by Crippen LogP contribution is -2.41. The Hall–Kier alpha value is -0.920. The molecule has 7 heteroatoms. The second-order valence-electron chi connectivity index (χ2n) is 5.69. The molecule has 0 aliphatic carbocycles. The Balaban J connectivity index is 1.96. The van der Waals surface area contributed by atoms with E-state index >= 15 is 0 Å². The fourth-order valence-electron chi connectivity index (χ4n) is 2.92. The molecule has 120 valence electrons. The van der Waals surface area contributed by atoms with Gasteiger partial charge in [0.2, 0.25) is 10.0 Å². The molecule has 0 atom stereocenters. The van der Waals surface area contributed by atoms with Crippen LogP contribution in [0.5, 0.6) is 0 Å². The fourth-order valence-corrected chi connectivity index (χ4v) is 4.51. The predicted octanol–water partition coefficient (Wildman–Crippen LogP) is 1.46.